The van der Waals surface area contributed by atoms with Crippen molar-refractivity contribution in [3.8, 4) is 5.75 Å². The maximum absolute atomic E-state index is 12.1. The van der Waals surface area contributed by atoms with Crippen molar-refractivity contribution in [2.24, 2.45) is 0 Å². The fourth-order valence-corrected chi connectivity index (χ4v) is 2.40. The maximum Gasteiger partial charge on any atom is 0.255 e. The lowest BCUT2D eigenvalue weighted by Gasteiger charge is -2.09. The topological polar surface area (TPSA) is 38.3 Å². The number of nitrogens with one attached hydrogen (secondary N) is 1. The zero-order chi connectivity index (χ0) is 14.7. The zero-order valence-electron chi connectivity index (χ0n) is 11.0. The Hall–Kier alpha value is -1.52. The van der Waals surface area contributed by atoms with E-state index >= 15 is 0 Å². The van der Waals surface area contributed by atoms with Gasteiger partial charge in [0.1, 0.15) is 5.75 Å². The van der Waals surface area contributed by atoms with Gasteiger partial charge < -0.3 is 10.1 Å². The normalized spacial score (nSPS) is 10.2. The molecule has 20 heavy (non-hydrogen) atoms. The number of ether oxygens (including phenoxy) is 1. The molecule has 0 aliphatic heterocycles. The van der Waals surface area contributed by atoms with Crippen LogP contribution in [-0.4, -0.2) is 13.0 Å². The van der Waals surface area contributed by atoms with Crippen LogP contribution in [0.1, 0.15) is 15.9 Å². The van der Waals surface area contributed by atoms with E-state index in [9.17, 15) is 4.79 Å². The molecule has 0 aliphatic carbocycles. The summed E-state index contributed by atoms with van der Waals surface area (Å²) in [7, 11) is 1.59. The van der Waals surface area contributed by atoms with Gasteiger partial charge in [-0.1, -0.05) is 17.7 Å². The molecule has 2 aromatic carbocycles. The molecular formula is C15H13BrClNO2. The minimum Gasteiger partial charge on any atom is -0.496 e. The van der Waals surface area contributed by atoms with Gasteiger partial charge in [0.05, 0.1) is 11.6 Å². The largest absolute Gasteiger partial charge is 0.496 e. The van der Waals surface area contributed by atoms with Crippen molar-refractivity contribution < 1.29 is 9.53 Å². The number of hydrogen-bond donors (Lipinski definition) is 1. The average molecular weight is 355 g/mol. The van der Waals surface area contributed by atoms with Gasteiger partial charge in [0, 0.05) is 16.3 Å². The van der Waals surface area contributed by atoms with Gasteiger partial charge in [0.25, 0.3) is 5.91 Å². The molecule has 0 radical (unpaired) electrons. The van der Waals surface area contributed by atoms with Crippen molar-refractivity contribution in [2.45, 2.75) is 6.92 Å². The number of hydrogen-bond acceptors (Lipinski definition) is 2. The summed E-state index contributed by atoms with van der Waals surface area (Å²) in [6.07, 6.45) is 0. The van der Waals surface area contributed by atoms with Gasteiger partial charge in [-0.3, -0.25) is 4.79 Å². The van der Waals surface area contributed by atoms with Crippen LogP contribution in [0.25, 0.3) is 0 Å². The zero-order valence-corrected chi connectivity index (χ0v) is 13.4. The minimum absolute atomic E-state index is 0.205. The number of carbonyl (C=O) groups excluding carboxylic acids is 1. The third-order valence-electron chi connectivity index (χ3n) is 2.84. The van der Waals surface area contributed by atoms with Crippen molar-refractivity contribution in [2.75, 3.05) is 12.4 Å². The Morgan fingerprint density at radius 2 is 2.00 bits per heavy atom. The van der Waals surface area contributed by atoms with Gasteiger partial charge in [0.2, 0.25) is 0 Å². The van der Waals surface area contributed by atoms with Gasteiger partial charge in [-0.05, 0) is 58.7 Å². The number of anilines is 1. The summed E-state index contributed by atoms with van der Waals surface area (Å²) < 4.78 is 5.92. The Kier molecular flexibility index (Phi) is 4.68. The van der Waals surface area contributed by atoms with Crippen molar-refractivity contribution in [3.05, 3.63) is 57.0 Å². The van der Waals surface area contributed by atoms with Gasteiger partial charge in [-0.25, -0.2) is 0 Å². The maximum atomic E-state index is 12.1. The smallest absolute Gasteiger partial charge is 0.255 e. The second kappa shape index (κ2) is 6.29. The van der Waals surface area contributed by atoms with Gasteiger partial charge in [0.15, 0.2) is 0 Å². The van der Waals surface area contributed by atoms with Crippen molar-refractivity contribution in [1.82, 2.24) is 0 Å². The number of carbonyl (C=O) groups is 1. The standard InChI is InChI=1S/C15H13BrClNO2/c1-9-3-4-10(7-13(9)17)15(19)18-11-5-6-14(20-2)12(16)8-11/h3-8H,1-2H3,(H,18,19). The van der Waals surface area contributed by atoms with Crippen LogP contribution >= 0.6 is 27.5 Å². The van der Waals surface area contributed by atoms with Crippen LogP contribution in [0.2, 0.25) is 5.02 Å². The van der Waals surface area contributed by atoms with Gasteiger partial charge >= 0.3 is 0 Å². The molecule has 104 valence electrons. The number of benzene rings is 2. The molecule has 0 aromatic heterocycles. The molecule has 2 aromatic rings. The molecule has 0 bridgehead atoms. The van der Waals surface area contributed by atoms with E-state index in [0.717, 1.165) is 10.0 Å². The lowest BCUT2D eigenvalue weighted by molar-refractivity contribution is 0.102. The molecule has 0 saturated heterocycles. The summed E-state index contributed by atoms with van der Waals surface area (Å²) in [5.41, 5.74) is 2.14. The van der Waals surface area contributed by atoms with Crippen molar-refractivity contribution in [1.29, 1.82) is 0 Å². The molecule has 0 aliphatic rings. The van der Waals surface area contributed by atoms with Crippen molar-refractivity contribution >= 4 is 39.1 Å². The van der Waals surface area contributed by atoms with Gasteiger partial charge in [-0.15, -0.1) is 0 Å². The molecular weight excluding hydrogens is 342 g/mol. The first-order valence-electron chi connectivity index (χ1n) is 5.92. The Morgan fingerprint density at radius 3 is 2.60 bits per heavy atom. The minimum atomic E-state index is -0.205. The third kappa shape index (κ3) is 3.32. The second-order valence-corrected chi connectivity index (χ2v) is 5.53. The van der Waals surface area contributed by atoms with E-state index in [0.29, 0.717) is 22.0 Å². The van der Waals surface area contributed by atoms with E-state index in [-0.39, 0.29) is 5.91 Å². The first-order valence-corrected chi connectivity index (χ1v) is 7.09. The van der Waals surface area contributed by atoms with Crippen molar-refractivity contribution in [3.63, 3.8) is 0 Å². The number of rotatable bonds is 3. The second-order valence-electron chi connectivity index (χ2n) is 4.27. The monoisotopic (exact) mass is 353 g/mol. The molecule has 0 saturated carbocycles. The van der Waals surface area contributed by atoms with E-state index in [4.69, 9.17) is 16.3 Å². The van der Waals surface area contributed by atoms with Crippen LogP contribution in [0.3, 0.4) is 0 Å². The molecule has 0 heterocycles. The first-order chi connectivity index (χ1) is 9.51. The number of amides is 1. The highest BCUT2D eigenvalue weighted by Crippen LogP contribution is 2.28. The van der Waals surface area contributed by atoms with Crippen LogP contribution in [0.15, 0.2) is 40.9 Å². The number of halogens is 2. The van der Waals surface area contributed by atoms with E-state index < -0.39 is 0 Å². The Morgan fingerprint density at radius 1 is 1.25 bits per heavy atom. The van der Waals surface area contributed by atoms with Gasteiger partial charge in [-0.2, -0.15) is 0 Å². The van der Waals surface area contributed by atoms with E-state index in [1.807, 2.05) is 13.0 Å². The van der Waals surface area contributed by atoms with E-state index in [2.05, 4.69) is 21.2 Å². The summed E-state index contributed by atoms with van der Waals surface area (Å²) in [6.45, 7) is 1.89. The number of methoxy groups -OCH3 is 1. The highest BCUT2D eigenvalue weighted by atomic mass is 79.9. The molecule has 0 fully saturated rings. The summed E-state index contributed by atoms with van der Waals surface area (Å²) in [5.74, 6) is 0.505. The van der Waals surface area contributed by atoms with Crippen LogP contribution < -0.4 is 10.1 Å². The molecule has 5 heteroatoms. The molecule has 0 atom stereocenters. The third-order valence-corrected chi connectivity index (χ3v) is 3.87. The highest BCUT2D eigenvalue weighted by molar-refractivity contribution is 9.10. The predicted molar refractivity (Wildman–Crippen MR) is 84.8 cm³/mol. The summed E-state index contributed by atoms with van der Waals surface area (Å²) in [6, 6.07) is 10.6. The summed E-state index contributed by atoms with van der Waals surface area (Å²) in [4.78, 5) is 12.1. The van der Waals surface area contributed by atoms with E-state index in [1.165, 1.54) is 0 Å². The van der Waals surface area contributed by atoms with E-state index in [1.54, 1.807) is 37.4 Å². The quantitative estimate of drug-likeness (QED) is 0.869. The average Bonchev–Trinajstić information content (AvgIpc) is 2.42. The van der Waals surface area contributed by atoms with Crippen LogP contribution in [-0.2, 0) is 0 Å². The molecule has 0 unspecified atom stereocenters. The Bertz CT molecular complexity index is 658. The highest BCUT2D eigenvalue weighted by Gasteiger charge is 2.09. The van der Waals surface area contributed by atoms with Crippen LogP contribution in [0.4, 0.5) is 5.69 Å². The predicted octanol–water partition coefficient (Wildman–Crippen LogP) is 4.67. The lowest BCUT2D eigenvalue weighted by Crippen LogP contribution is -2.11. The Labute approximate surface area is 131 Å². The fraction of sp³-hybridized carbons (Fsp3) is 0.133. The molecule has 3 nitrogen and oxygen atoms in total. The fourth-order valence-electron chi connectivity index (χ4n) is 1.68. The Balaban J connectivity index is 2.19. The van der Waals surface area contributed by atoms with Crippen LogP contribution in [0.5, 0.6) is 5.75 Å². The summed E-state index contributed by atoms with van der Waals surface area (Å²) in [5, 5.41) is 3.39. The molecule has 0 spiro atoms. The SMILES string of the molecule is COc1ccc(NC(=O)c2ccc(C)c(Cl)c2)cc1Br. The molecule has 1 N–H and O–H groups in total. The first kappa shape index (κ1) is 14.9. The molecule has 2 rings (SSSR count). The lowest BCUT2D eigenvalue weighted by atomic mass is 10.1. The molecule has 1 amide bonds. The number of aryl methyl sites for hydroxylation is 1. The van der Waals surface area contributed by atoms with Crippen LogP contribution in [0, 0.1) is 6.92 Å². The summed E-state index contributed by atoms with van der Waals surface area (Å²) >= 11 is 9.40.